The molecule has 0 spiro atoms. The van der Waals surface area contributed by atoms with Gasteiger partial charge in [-0.25, -0.2) is 18.4 Å². The van der Waals surface area contributed by atoms with E-state index in [9.17, 15) is 18.8 Å². The topological polar surface area (TPSA) is 108 Å². The molecule has 2 aromatic carbocycles. The Balaban J connectivity index is 1.49. The van der Waals surface area contributed by atoms with Crippen LogP contribution in [0.1, 0.15) is 98.1 Å². The second kappa shape index (κ2) is 15.9. The summed E-state index contributed by atoms with van der Waals surface area (Å²) in [4.78, 5) is 61.2. The lowest BCUT2D eigenvalue weighted by atomic mass is 9.74. The zero-order valence-corrected chi connectivity index (χ0v) is 34.3. The van der Waals surface area contributed by atoms with Crippen molar-refractivity contribution in [3.05, 3.63) is 71.3 Å². The van der Waals surface area contributed by atoms with Crippen molar-refractivity contribution in [2.75, 3.05) is 40.3 Å². The van der Waals surface area contributed by atoms with Crippen molar-refractivity contribution >= 4 is 23.8 Å². The number of carbonyl (C=O) groups excluding carboxylic acids is 4. The van der Waals surface area contributed by atoms with E-state index in [-0.39, 0.29) is 77.4 Å². The molecule has 10 nitrogen and oxygen atoms in total. The van der Waals surface area contributed by atoms with E-state index in [2.05, 4.69) is 29.4 Å². The summed E-state index contributed by atoms with van der Waals surface area (Å²) in [6, 6.07) is 11.2. The molecule has 3 aliphatic rings. The Kier molecular flexibility index (Phi) is 12.2. The van der Waals surface area contributed by atoms with Gasteiger partial charge in [-0.3, -0.25) is 19.0 Å². The van der Waals surface area contributed by atoms with Crippen LogP contribution in [0.5, 0.6) is 0 Å². The average molecular weight is 767 g/mol. The number of ether oxygens (including phenoxy) is 1. The molecule has 12 heteroatoms. The Hall–Kier alpha value is -3.90. The number of halogens is 2. The van der Waals surface area contributed by atoms with Crippen LogP contribution < -0.4 is 10.6 Å². The summed E-state index contributed by atoms with van der Waals surface area (Å²) in [7, 11) is 3.28. The zero-order chi connectivity index (χ0) is 40.6. The van der Waals surface area contributed by atoms with Crippen LogP contribution in [0.2, 0.25) is 0 Å². The number of benzene rings is 2. The van der Waals surface area contributed by atoms with Gasteiger partial charge in [-0.15, -0.1) is 0 Å². The van der Waals surface area contributed by atoms with Crippen molar-refractivity contribution < 1.29 is 37.2 Å². The first-order valence-corrected chi connectivity index (χ1v) is 19.7. The van der Waals surface area contributed by atoms with Gasteiger partial charge in [-0.2, -0.15) is 0 Å². The van der Waals surface area contributed by atoms with Crippen LogP contribution in [-0.2, 0) is 31.1 Å². The molecule has 55 heavy (non-hydrogen) atoms. The zero-order valence-electron chi connectivity index (χ0n) is 34.3. The third-order valence-corrected chi connectivity index (χ3v) is 12.7. The van der Waals surface area contributed by atoms with Crippen molar-refractivity contribution in [2.24, 2.45) is 10.8 Å². The van der Waals surface area contributed by atoms with Gasteiger partial charge < -0.3 is 20.3 Å². The van der Waals surface area contributed by atoms with Crippen LogP contribution in [0.15, 0.2) is 48.5 Å². The molecule has 5 rings (SSSR count). The van der Waals surface area contributed by atoms with Crippen LogP contribution >= 0.6 is 0 Å². The number of nitrogens with zero attached hydrogens (tertiary/aromatic N) is 3. The summed E-state index contributed by atoms with van der Waals surface area (Å²) in [6.45, 7) is 15.1. The van der Waals surface area contributed by atoms with Gasteiger partial charge in [0.1, 0.15) is 30.2 Å². The number of nitrogens with one attached hydrogen (secondary N) is 2. The minimum absolute atomic E-state index is 0.0143. The second-order valence-electron chi connectivity index (χ2n) is 18.7. The molecule has 2 aromatic rings. The van der Waals surface area contributed by atoms with E-state index in [1.54, 1.807) is 20.9 Å². The van der Waals surface area contributed by atoms with Gasteiger partial charge in [0.15, 0.2) is 6.04 Å². The molecule has 2 saturated heterocycles. The summed E-state index contributed by atoms with van der Waals surface area (Å²) in [6.07, 6.45) is 3.20. The first kappa shape index (κ1) is 42.2. The molecule has 0 bridgehead atoms. The third kappa shape index (κ3) is 8.90. The highest BCUT2D eigenvalue weighted by Gasteiger charge is 2.64. The molecule has 2 heterocycles. The number of amides is 4. The monoisotopic (exact) mass is 766 g/mol. The fraction of sp³-hybridized carbons (Fsp3) is 0.628. The normalized spacial score (nSPS) is 26.0. The highest BCUT2D eigenvalue weighted by molar-refractivity contribution is 5.89. The maximum Gasteiger partial charge on any atom is 0.407 e. The average Bonchev–Trinajstić information content (AvgIpc) is 3.74. The Labute approximate surface area is 325 Å². The van der Waals surface area contributed by atoms with Crippen molar-refractivity contribution in [3.63, 3.8) is 0 Å². The standard InChI is InChI=1S/C43H61F2N5O5/c1-40(2,3)48-22-21-43(28-48,33-16-15-30(44)23-34(33)45)38(53)50(9)25-32(24-35(50)36(51)46-8)49(31-17-19-41(4,5)20-18-31)37(52)42(6,7)27-47-39(54)55-26-29-13-11-10-12-14-29/h10-16,23,31-32,35H,17-22,24-28H2,1-9H3,(H-,46,47,51,54)/p+1/t32-,35+,43-,50?/m1/s1. The number of hydrogen-bond acceptors (Lipinski definition) is 6. The highest BCUT2D eigenvalue weighted by atomic mass is 19.1. The molecule has 0 aromatic heterocycles. The van der Waals surface area contributed by atoms with Crippen LogP contribution in [0, 0.1) is 22.5 Å². The Bertz CT molecular complexity index is 1740. The molecule has 0 radical (unpaired) electrons. The lowest BCUT2D eigenvalue weighted by molar-refractivity contribution is -0.840. The van der Waals surface area contributed by atoms with E-state index in [1.165, 1.54) is 19.2 Å². The number of hydrogen-bond donors (Lipinski definition) is 2. The van der Waals surface area contributed by atoms with Gasteiger partial charge in [0, 0.05) is 56.3 Å². The summed E-state index contributed by atoms with van der Waals surface area (Å²) in [5, 5.41) is 5.57. The van der Waals surface area contributed by atoms with E-state index in [1.807, 2.05) is 56.0 Å². The Morgan fingerprint density at radius 3 is 2.20 bits per heavy atom. The second-order valence-corrected chi connectivity index (χ2v) is 18.7. The Morgan fingerprint density at radius 1 is 0.964 bits per heavy atom. The summed E-state index contributed by atoms with van der Waals surface area (Å²) in [5.41, 5.74) is -1.69. The molecule has 1 saturated carbocycles. The highest BCUT2D eigenvalue weighted by Crippen LogP contribution is 2.46. The minimum atomic E-state index is -1.37. The van der Waals surface area contributed by atoms with E-state index in [0.29, 0.717) is 13.0 Å². The molecule has 2 aliphatic heterocycles. The molecular formula is C43H62F2N5O5+. The van der Waals surface area contributed by atoms with Gasteiger partial charge in [0.2, 0.25) is 5.91 Å². The van der Waals surface area contributed by atoms with E-state index in [0.717, 1.165) is 37.3 Å². The third-order valence-electron chi connectivity index (χ3n) is 12.7. The number of carbonyl (C=O) groups is 4. The van der Waals surface area contributed by atoms with Crippen molar-refractivity contribution in [1.82, 2.24) is 20.4 Å². The van der Waals surface area contributed by atoms with Gasteiger partial charge >= 0.3 is 12.0 Å². The summed E-state index contributed by atoms with van der Waals surface area (Å²) >= 11 is 0. The van der Waals surface area contributed by atoms with Crippen molar-refractivity contribution in [3.8, 4) is 0 Å². The summed E-state index contributed by atoms with van der Waals surface area (Å²) < 4.78 is 35.3. The van der Waals surface area contributed by atoms with Gasteiger partial charge in [0.25, 0.3) is 5.91 Å². The molecular weight excluding hydrogens is 704 g/mol. The van der Waals surface area contributed by atoms with E-state index in [4.69, 9.17) is 4.74 Å². The smallest absolute Gasteiger partial charge is 0.407 e. The first-order valence-electron chi connectivity index (χ1n) is 19.7. The van der Waals surface area contributed by atoms with E-state index >= 15 is 9.18 Å². The molecule has 1 unspecified atom stereocenters. The van der Waals surface area contributed by atoms with Crippen LogP contribution in [0.4, 0.5) is 13.6 Å². The fourth-order valence-corrected chi connectivity index (χ4v) is 9.13. The van der Waals surface area contributed by atoms with Gasteiger partial charge in [-0.1, -0.05) is 50.2 Å². The van der Waals surface area contributed by atoms with Crippen molar-refractivity contribution in [1.29, 1.82) is 0 Å². The maximum absolute atomic E-state index is 15.9. The number of rotatable bonds is 10. The number of quaternary nitrogens is 1. The molecule has 4 amide bonds. The SMILES string of the molecule is CNC(=O)[C@@H]1C[C@@H](N(C(=O)C(C)(C)CNC(=O)OCc2ccccc2)C2CCC(C)(C)CC2)C[N+]1(C)C(=O)[C@]1(c2ccc(F)cc2F)CCN(C(C)(C)C)C1. The molecule has 3 fully saturated rings. The van der Waals surface area contributed by atoms with Gasteiger partial charge in [-0.05, 0) is 83.8 Å². The number of alkyl carbamates (subject to hydrolysis) is 1. The van der Waals surface area contributed by atoms with Gasteiger partial charge in [0.05, 0.1) is 18.5 Å². The Morgan fingerprint density at radius 2 is 1.62 bits per heavy atom. The van der Waals surface area contributed by atoms with E-state index < -0.39 is 40.6 Å². The van der Waals surface area contributed by atoms with Crippen LogP contribution in [0.3, 0.4) is 0 Å². The maximum atomic E-state index is 15.9. The lowest BCUT2D eigenvalue weighted by Gasteiger charge is -2.45. The first-order chi connectivity index (χ1) is 25.6. The predicted octanol–water partition coefficient (Wildman–Crippen LogP) is 6.32. The lowest BCUT2D eigenvalue weighted by Crippen LogP contribution is -2.65. The molecule has 2 N–H and O–H groups in total. The molecule has 1 aliphatic carbocycles. The van der Waals surface area contributed by atoms with Crippen LogP contribution in [-0.4, -0.2) is 102 Å². The minimum Gasteiger partial charge on any atom is -0.445 e. The largest absolute Gasteiger partial charge is 0.445 e. The quantitative estimate of drug-likeness (QED) is 0.275. The molecule has 302 valence electrons. The van der Waals surface area contributed by atoms with Crippen molar-refractivity contribution in [2.45, 2.75) is 123 Å². The predicted molar refractivity (Wildman–Crippen MR) is 208 cm³/mol. The number of likely N-dealkylation sites (tertiary alicyclic amines) is 2. The number of likely N-dealkylation sites (N-methyl/N-ethyl adjacent to an activating group) is 2. The fourth-order valence-electron chi connectivity index (χ4n) is 9.13. The summed E-state index contributed by atoms with van der Waals surface area (Å²) in [5.74, 6) is -2.36. The molecule has 4 atom stereocenters. The van der Waals surface area contributed by atoms with Crippen LogP contribution in [0.25, 0.3) is 0 Å².